The van der Waals surface area contributed by atoms with Crippen molar-refractivity contribution in [3.63, 3.8) is 0 Å². The van der Waals surface area contributed by atoms with Crippen LogP contribution in [0.5, 0.6) is 0 Å². The maximum Gasteiger partial charge on any atom is 0.513 e. The number of carbonyl (C=O) groups excluding carboxylic acids is 1. The molecule has 0 atom stereocenters. The second-order valence-corrected chi connectivity index (χ2v) is 8.80. The fourth-order valence-corrected chi connectivity index (χ4v) is 3.71. The molecule has 0 radical (unpaired) electrons. The summed E-state index contributed by atoms with van der Waals surface area (Å²) in [6.07, 6.45) is 0.854. The van der Waals surface area contributed by atoms with E-state index in [2.05, 4.69) is 0 Å². The number of nitrogens with one attached hydrogen (secondary N) is 2. The Morgan fingerprint density at radius 3 is 2.42 bits per heavy atom. The van der Waals surface area contributed by atoms with Gasteiger partial charge in [-0.2, -0.15) is 13.2 Å². The zero-order valence-corrected chi connectivity index (χ0v) is 17.6. The summed E-state index contributed by atoms with van der Waals surface area (Å²) in [4.78, 5) is 25.4. The molecule has 12 heteroatoms. The lowest BCUT2D eigenvalue weighted by Crippen LogP contribution is -2.48. The average molecular weight is 480 g/mol. The molecule has 0 unspecified atom stereocenters. The lowest BCUT2D eigenvalue weighted by molar-refractivity contribution is -0.121. The normalized spacial score (nSPS) is 12.4. The van der Waals surface area contributed by atoms with Gasteiger partial charge in [0.15, 0.2) is 0 Å². The van der Waals surface area contributed by atoms with E-state index in [0.29, 0.717) is 16.5 Å². The Morgan fingerprint density at radius 1 is 1.06 bits per heavy atom. The minimum Gasteiger partial charge on any atom is -0.464 e. The van der Waals surface area contributed by atoms with Crippen LogP contribution < -0.4 is 15.9 Å². The number of fused-ring (bicyclic) bond motifs is 2. The number of hydrogen-bond acceptors (Lipinski definition) is 6. The molecule has 0 aliphatic carbocycles. The molecule has 2 aromatic carbocycles. The summed E-state index contributed by atoms with van der Waals surface area (Å²) in [5.74, 6) is -1.17. The first-order valence-corrected chi connectivity index (χ1v) is 10.9. The Labute approximate surface area is 184 Å². The minimum absolute atomic E-state index is 0.129. The molecule has 2 heterocycles. The molecular weight excluding hydrogens is 465 g/mol. The summed E-state index contributed by atoms with van der Waals surface area (Å²) >= 11 is 0. The first-order chi connectivity index (χ1) is 15.5. The van der Waals surface area contributed by atoms with Crippen molar-refractivity contribution in [2.24, 2.45) is 0 Å². The summed E-state index contributed by atoms with van der Waals surface area (Å²) in [5, 5.41) is 1.21. The van der Waals surface area contributed by atoms with Crippen LogP contribution in [0.15, 0.2) is 62.4 Å². The molecule has 0 spiro atoms. The van der Waals surface area contributed by atoms with Gasteiger partial charge in [0.1, 0.15) is 11.2 Å². The van der Waals surface area contributed by atoms with Crippen LogP contribution in [0.4, 0.5) is 13.2 Å². The van der Waals surface area contributed by atoms with Crippen molar-refractivity contribution >= 4 is 37.9 Å². The second kappa shape index (κ2) is 8.05. The Kier molecular flexibility index (Phi) is 5.50. The predicted molar refractivity (Wildman–Crippen MR) is 112 cm³/mol. The van der Waals surface area contributed by atoms with Crippen molar-refractivity contribution in [1.82, 2.24) is 10.3 Å². The van der Waals surface area contributed by atoms with Gasteiger partial charge in [-0.1, -0.05) is 30.3 Å². The summed E-state index contributed by atoms with van der Waals surface area (Å²) in [7, 11) is -5.78. The van der Waals surface area contributed by atoms with E-state index in [1.165, 1.54) is 11.5 Å². The number of rotatable bonds is 5. The highest BCUT2D eigenvalue weighted by molar-refractivity contribution is 7.90. The van der Waals surface area contributed by atoms with E-state index in [0.717, 1.165) is 21.3 Å². The fourth-order valence-electron chi connectivity index (χ4n) is 3.34. The number of hydrazine groups is 1. The molecule has 1 amide bonds. The van der Waals surface area contributed by atoms with Gasteiger partial charge >= 0.3 is 21.2 Å². The van der Waals surface area contributed by atoms with Crippen molar-refractivity contribution < 1.29 is 35.2 Å². The molecule has 0 saturated heterocycles. The van der Waals surface area contributed by atoms with Crippen molar-refractivity contribution in [2.45, 2.75) is 18.9 Å². The van der Waals surface area contributed by atoms with E-state index in [4.69, 9.17) is 8.83 Å². The van der Waals surface area contributed by atoms with Gasteiger partial charge in [-0.25, -0.2) is 13.2 Å². The Bertz CT molecular complexity index is 1540. The first-order valence-electron chi connectivity index (χ1n) is 9.38. The van der Waals surface area contributed by atoms with Gasteiger partial charge < -0.3 is 8.83 Å². The van der Waals surface area contributed by atoms with Crippen molar-refractivity contribution in [3.05, 3.63) is 70.3 Å². The van der Waals surface area contributed by atoms with Crippen LogP contribution in [0.3, 0.4) is 0 Å². The highest BCUT2D eigenvalue weighted by Gasteiger charge is 2.46. The lowest BCUT2D eigenvalue weighted by atomic mass is 9.99. The van der Waals surface area contributed by atoms with Gasteiger partial charge in [-0.3, -0.25) is 10.2 Å². The van der Waals surface area contributed by atoms with E-state index in [9.17, 15) is 31.2 Å². The van der Waals surface area contributed by atoms with E-state index in [-0.39, 0.29) is 11.1 Å². The summed E-state index contributed by atoms with van der Waals surface area (Å²) in [6.45, 7) is 1.55. The first kappa shape index (κ1) is 22.6. The van der Waals surface area contributed by atoms with Crippen molar-refractivity contribution in [2.75, 3.05) is 0 Å². The second-order valence-electron chi connectivity index (χ2n) is 7.13. The number of halogens is 3. The SMILES string of the molecule is Cc1c(CC(=O)NNS(=O)(=O)C(F)(F)F)c(=O)oc2cc3occ(-c4ccccc4)c3cc12. The van der Waals surface area contributed by atoms with Crippen LogP contribution in [0.1, 0.15) is 11.1 Å². The maximum atomic E-state index is 12.4. The third-order valence-corrected chi connectivity index (χ3v) is 6.01. The van der Waals surface area contributed by atoms with Gasteiger partial charge in [0.05, 0.1) is 18.2 Å². The molecule has 4 aromatic rings. The van der Waals surface area contributed by atoms with Crippen LogP contribution in [0.2, 0.25) is 0 Å². The van der Waals surface area contributed by atoms with Gasteiger partial charge in [0.2, 0.25) is 5.91 Å². The number of benzene rings is 2. The number of carbonyl (C=O) groups is 1. The predicted octanol–water partition coefficient (Wildman–Crippen LogP) is 3.53. The smallest absolute Gasteiger partial charge is 0.464 e. The lowest BCUT2D eigenvalue weighted by Gasteiger charge is -2.11. The molecule has 2 aromatic heterocycles. The number of sulfonamides is 1. The fraction of sp³-hybridized carbons (Fsp3) is 0.143. The highest BCUT2D eigenvalue weighted by atomic mass is 32.2. The van der Waals surface area contributed by atoms with Gasteiger partial charge in [-0.05, 0) is 24.1 Å². The largest absolute Gasteiger partial charge is 0.513 e. The molecule has 33 heavy (non-hydrogen) atoms. The number of alkyl halides is 3. The molecule has 0 bridgehead atoms. The molecule has 0 saturated carbocycles. The van der Waals surface area contributed by atoms with E-state index in [1.807, 2.05) is 30.3 Å². The summed E-state index contributed by atoms with van der Waals surface area (Å²) in [5.41, 5.74) is -2.47. The minimum atomic E-state index is -5.78. The quantitative estimate of drug-likeness (QED) is 0.333. The molecule has 0 aliphatic rings. The molecule has 4 rings (SSSR count). The zero-order valence-electron chi connectivity index (χ0n) is 16.8. The summed E-state index contributed by atoms with van der Waals surface area (Å²) in [6, 6.07) is 12.6. The van der Waals surface area contributed by atoms with Gasteiger partial charge in [0.25, 0.3) is 0 Å². The van der Waals surface area contributed by atoms with Crippen LogP contribution in [0.25, 0.3) is 33.1 Å². The topological polar surface area (TPSA) is 119 Å². The van der Waals surface area contributed by atoms with Crippen molar-refractivity contribution in [1.29, 1.82) is 0 Å². The molecular formula is C21H15F3N2O6S. The Hall–Kier alpha value is -3.64. The van der Waals surface area contributed by atoms with E-state index in [1.54, 1.807) is 19.3 Å². The molecule has 2 N–H and O–H groups in total. The third kappa shape index (κ3) is 4.22. The highest BCUT2D eigenvalue weighted by Crippen LogP contribution is 2.34. The van der Waals surface area contributed by atoms with Crippen LogP contribution in [0, 0.1) is 6.92 Å². The Balaban J connectivity index is 1.70. The standard InChI is InChI=1S/C21H15F3N2O6S/c1-11-13-7-15-16(12-5-3-2-4-6-12)10-31-17(15)9-18(13)32-20(28)14(11)8-19(27)25-26-33(29,30)21(22,23)24/h2-7,9-10,26H,8H2,1H3,(H,25,27). The van der Waals surface area contributed by atoms with Crippen LogP contribution in [-0.2, 0) is 21.2 Å². The maximum absolute atomic E-state index is 12.4. The van der Waals surface area contributed by atoms with Crippen molar-refractivity contribution in [3.8, 4) is 11.1 Å². The van der Waals surface area contributed by atoms with Gasteiger partial charge in [0, 0.05) is 22.4 Å². The van der Waals surface area contributed by atoms with E-state index < -0.39 is 33.5 Å². The van der Waals surface area contributed by atoms with Crippen LogP contribution in [-0.4, -0.2) is 19.8 Å². The molecule has 0 fully saturated rings. The summed E-state index contributed by atoms with van der Waals surface area (Å²) < 4.78 is 70.1. The number of amides is 1. The molecule has 172 valence electrons. The number of hydrogen-bond donors (Lipinski definition) is 2. The third-order valence-electron chi connectivity index (χ3n) is 5.03. The van der Waals surface area contributed by atoms with E-state index >= 15 is 0 Å². The Morgan fingerprint density at radius 2 is 1.76 bits per heavy atom. The number of furan rings is 1. The average Bonchev–Trinajstić information content (AvgIpc) is 3.17. The monoisotopic (exact) mass is 480 g/mol. The number of aryl methyl sites for hydroxylation is 1. The zero-order chi connectivity index (χ0) is 24.0. The molecule has 0 aliphatic heterocycles. The van der Waals surface area contributed by atoms with Gasteiger partial charge in [-0.15, -0.1) is 4.83 Å². The van der Waals surface area contributed by atoms with Crippen LogP contribution >= 0.6 is 0 Å². The molecule has 8 nitrogen and oxygen atoms in total.